The molecule has 0 aromatic carbocycles. The van der Waals surface area contributed by atoms with E-state index in [1.807, 2.05) is 0 Å². The monoisotopic (exact) mass is 347 g/mol. The molecule has 124 valence electrons. The number of rotatable bonds is 3. The number of anilines is 1. The number of aromatic nitrogens is 2. The molecule has 0 saturated heterocycles. The molecular formula is C14H13F4N3OS. The second-order valence-corrected chi connectivity index (χ2v) is 7.28. The van der Waals surface area contributed by atoms with E-state index in [1.165, 1.54) is 31.4 Å². The van der Waals surface area contributed by atoms with Gasteiger partial charge in [-0.3, -0.25) is 9.71 Å². The molecule has 0 aliphatic carbocycles. The molecule has 0 saturated carbocycles. The lowest BCUT2D eigenvalue weighted by atomic mass is 10.2. The van der Waals surface area contributed by atoms with Crippen molar-refractivity contribution < 1.29 is 21.8 Å². The summed E-state index contributed by atoms with van der Waals surface area (Å²) >= 11 is 0. The van der Waals surface area contributed by atoms with Crippen LogP contribution in [0.15, 0.2) is 36.5 Å². The van der Waals surface area contributed by atoms with Gasteiger partial charge in [-0.25, -0.2) is 9.19 Å². The molecule has 0 aliphatic rings. The fraction of sp³-hybridized carbons (Fsp3) is 0.214. The van der Waals surface area contributed by atoms with E-state index in [-0.39, 0.29) is 16.2 Å². The van der Waals surface area contributed by atoms with E-state index in [0.717, 1.165) is 18.3 Å². The van der Waals surface area contributed by atoms with Crippen LogP contribution in [-0.2, 0) is 15.9 Å². The SMILES string of the molecule is CC(c1ccc(C(F)(F)F)nc1)=S(C)(=O)Nc1cccc(F)n1. The van der Waals surface area contributed by atoms with Gasteiger partial charge in [-0.1, -0.05) is 12.1 Å². The standard InChI is InChI=1S/C14H13F4N3OS/c1-9(10-6-7-11(19-8-10)14(16,17)18)23(2,22)21-13-5-3-4-12(15)20-13/h3-8H,1-2H3,(H,20,21,22). The quantitative estimate of drug-likeness (QED) is 0.402. The van der Waals surface area contributed by atoms with Gasteiger partial charge in [0.1, 0.15) is 11.5 Å². The van der Waals surface area contributed by atoms with Gasteiger partial charge in [0.15, 0.2) is 0 Å². The molecule has 0 amide bonds. The molecule has 2 aromatic heterocycles. The predicted octanol–water partition coefficient (Wildman–Crippen LogP) is 3.12. The molecule has 23 heavy (non-hydrogen) atoms. The van der Waals surface area contributed by atoms with E-state index < -0.39 is 27.5 Å². The minimum atomic E-state index is -4.54. The number of nitrogens with one attached hydrogen (secondary N) is 1. The molecule has 0 spiro atoms. The maximum Gasteiger partial charge on any atom is 0.433 e. The highest BCUT2D eigenvalue weighted by molar-refractivity contribution is 8.03. The Bertz CT molecular complexity index is 825. The lowest BCUT2D eigenvalue weighted by molar-refractivity contribution is -0.141. The Morgan fingerprint density at radius 1 is 1.22 bits per heavy atom. The van der Waals surface area contributed by atoms with Crippen molar-refractivity contribution in [2.24, 2.45) is 0 Å². The van der Waals surface area contributed by atoms with Gasteiger partial charge in [-0.15, -0.1) is 0 Å². The lowest BCUT2D eigenvalue weighted by Crippen LogP contribution is -2.21. The zero-order valence-corrected chi connectivity index (χ0v) is 13.0. The lowest BCUT2D eigenvalue weighted by Gasteiger charge is -2.13. The van der Waals surface area contributed by atoms with Crippen LogP contribution in [-0.4, -0.2) is 25.3 Å². The Morgan fingerprint density at radius 3 is 2.43 bits per heavy atom. The molecular weight excluding hydrogens is 334 g/mol. The Morgan fingerprint density at radius 2 is 1.91 bits per heavy atom. The van der Waals surface area contributed by atoms with Crippen molar-refractivity contribution in [2.75, 3.05) is 11.0 Å². The van der Waals surface area contributed by atoms with E-state index in [9.17, 15) is 21.8 Å². The van der Waals surface area contributed by atoms with Crippen molar-refractivity contribution in [2.45, 2.75) is 13.1 Å². The van der Waals surface area contributed by atoms with E-state index in [1.54, 1.807) is 0 Å². The fourth-order valence-corrected chi connectivity index (χ4v) is 2.97. The largest absolute Gasteiger partial charge is 0.433 e. The molecule has 9 heteroatoms. The number of hydrogen-bond donors (Lipinski definition) is 1. The molecule has 0 bridgehead atoms. The Hall–Kier alpha value is -2.16. The summed E-state index contributed by atoms with van der Waals surface area (Å²) < 4.78 is 65.8. The Labute approximate surface area is 130 Å². The maximum absolute atomic E-state index is 13.1. The first kappa shape index (κ1) is 17.2. The maximum atomic E-state index is 13.1. The Kier molecular flexibility index (Phi) is 4.60. The second kappa shape index (κ2) is 6.15. The zero-order chi connectivity index (χ0) is 17.3. The first-order valence-corrected chi connectivity index (χ1v) is 8.33. The third-order valence-corrected chi connectivity index (χ3v) is 5.06. The number of alkyl halides is 3. The normalized spacial score (nSPS) is 14.2. The molecule has 1 unspecified atom stereocenters. The van der Waals surface area contributed by atoms with Crippen molar-refractivity contribution in [1.82, 2.24) is 9.97 Å². The van der Waals surface area contributed by atoms with Crippen LogP contribution >= 0.6 is 0 Å². The third kappa shape index (κ3) is 4.19. The van der Waals surface area contributed by atoms with E-state index in [4.69, 9.17) is 0 Å². The summed E-state index contributed by atoms with van der Waals surface area (Å²) in [6, 6.07) is 5.97. The highest BCUT2D eigenvalue weighted by Gasteiger charge is 2.32. The molecule has 1 N–H and O–H groups in total. The van der Waals surface area contributed by atoms with Crippen LogP contribution in [0.1, 0.15) is 18.2 Å². The third-order valence-electron chi connectivity index (χ3n) is 3.06. The van der Waals surface area contributed by atoms with Gasteiger partial charge < -0.3 is 0 Å². The second-order valence-electron chi connectivity index (χ2n) is 4.78. The Balaban J connectivity index is 2.37. The molecule has 2 aromatic rings. The van der Waals surface area contributed by atoms with Gasteiger partial charge in [0.05, 0.1) is 9.71 Å². The number of pyridine rings is 2. The molecule has 0 aliphatic heterocycles. The molecule has 2 rings (SSSR count). The first-order valence-electron chi connectivity index (χ1n) is 6.36. The summed E-state index contributed by atoms with van der Waals surface area (Å²) in [4.78, 5) is 7.16. The van der Waals surface area contributed by atoms with Crippen LogP contribution < -0.4 is 4.72 Å². The van der Waals surface area contributed by atoms with Gasteiger partial charge in [0.25, 0.3) is 0 Å². The van der Waals surface area contributed by atoms with Gasteiger partial charge >= 0.3 is 6.18 Å². The van der Waals surface area contributed by atoms with Crippen LogP contribution in [0.25, 0.3) is 0 Å². The number of hydrogen-bond acceptors (Lipinski definition) is 3. The summed E-state index contributed by atoms with van der Waals surface area (Å²) in [5.41, 5.74) is -0.745. The first-order chi connectivity index (χ1) is 10.6. The summed E-state index contributed by atoms with van der Waals surface area (Å²) in [5.74, 6) is -0.671. The van der Waals surface area contributed by atoms with Crippen LogP contribution in [0.2, 0.25) is 0 Å². The topological polar surface area (TPSA) is 54.9 Å². The van der Waals surface area contributed by atoms with Gasteiger partial charge in [-0.2, -0.15) is 17.6 Å². The van der Waals surface area contributed by atoms with Crippen LogP contribution in [0.5, 0.6) is 0 Å². The summed E-state index contributed by atoms with van der Waals surface area (Å²) in [6.45, 7) is 1.50. The van der Waals surface area contributed by atoms with Crippen LogP contribution in [0.3, 0.4) is 0 Å². The minimum absolute atomic E-state index is 0.0664. The highest BCUT2D eigenvalue weighted by Crippen LogP contribution is 2.27. The fourth-order valence-electron chi connectivity index (χ4n) is 1.74. The predicted molar refractivity (Wildman–Crippen MR) is 80.9 cm³/mol. The van der Waals surface area contributed by atoms with Crippen molar-refractivity contribution in [3.8, 4) is 0 Å². The van der Waals surface area contributed by atoms with Crippen LogP contribution in [0.4, 0.5) is 23.4 Å². The molecule has 1 atom stereocenters. The van der Waals surface area contributed by atoms with Crippen molar-refractivity contribution >= 4 is 20.4 Å². The van der Waals surface area contributed by atoms with Gasteiger partial charge in [0, 0.05) is 22.9 Å². The summed E-state index contributed by atoms with van der Waals surface area (Å²) in [6.07, 6.45) is -2.18. The van der Waals surface area contributed by atoms with Crippen molar-refractivity contribution in [3.05, 3.63) is 53.7 Å². The van der Waals surface area contributed by atoms with Gasteiger partial charge in [-0.05, 0) is 25.1 Å². The number of halogens is 4. The summed E-state index contributed by atoms with van der Waals surface area (Å²) in [7, 11) is -2.87. The smallest absolute Gasteiger partial charge is 0.297 e. The molecule has 0 fully saturated rings. The zero-order valence-electron chi connectivity index (χ0n) is 12.2. The molecule has 0 radical (unpaired) electrons. The average Bonchev–Trinajstić information content (AvgIpc) is 2.45. The highest BCUT2D eigenvalue weighted by atomic mass is 32.2. The molecule has 4 nitrogen and oxygen atoms in total. The summed E-state index contributed by atoms with van der Waals surface area (Å²) in [5, 5.41) is 0. The van der Waals surface area contributed by atoms with E-state index >= 15 is 0 Å². The minimum Gasteiger partial charge on any atom is -0.297 e. The van der Waals surface area contributed by atoms with E-state index in [0.29, 0.717) is 0 Å². The van der Waals surface area contributed by atoms with Gasteiger partial charge in [0.2, 0.25) is 5.95 Å². The van der Waals surface area contributed by atoms with Crippen molar-refractivity contribution in [1.29, 1.82) is 0 Å². The van der Waals surface area contributed by atoms with Crippen LogP contribution in [0, 0.1) is 5.95 Å². The van der Waals surface area contributed by atoms with E-state index in [2.05, 4.69) is 14.7 Å². The van der Waals surface area contributed by atoms with Crippen molar-refractivity contribution in [3.63, 3.8) is 0 Å². The number of nitrogens with zero attached hydrogens (tertiary/aromatic N) is 2. The average molecular weight is 347 g/mol. The molecule has 2 heterocycles.